The Hall–Kier alpha value is -1.49. The molecule has 19 heavy (non-hydrogen) atoms. The third kappa shape index (κ3) is 2.61. The van der Waals surface area contributed by atoms with Crippen LogP contribution in [0, 0.1) is 5.92 Å². The minimum atomic E-state index is 0.577. The van der Waals surface area contributed by atoms with E-state index in [1.165, 1.54) is 0 Å². The topological polar surface area (TPSA) is 53.1 Å². The lowest BCUT2D eigenvalue weighted by atomic mass is 9.96. The van der Waals surface area contributed by atoms with Gasteiger partial charge in [-0.1, -0.05) is 11.5 Å². The molecule has 1 aromatic carbocycles. The van der Waals surface area contributed by atoms with Crippen molar-refractivity contribution in [1.29, 1.82) is 0 Å². The van der Waals surface area contributed by atoms with Gasteiger partial charge in [-0.25, -0.2) is 4.98 Å². The average molecular weight is 255 g/mol. The van der Waals surface area contributed by atoms with Crippen LogP contribution < -0.4 is 11.2 Å². The number of imidazole rings is 1. The third-order valence-corrected chi connectivity index (χ3v) is 3.90. The first-order valence-electron chi connectivity index (χ1n) is 6.83. The molecule has 0 atom stereocenters. The van der Waals surface area contributed by atoms with Crippen molar-refractivity contribution in [2.45, 2.75) is 25.8 Å². The Bertz CT molecular complexity index is 575. The zero-order chi connectivity index (χ0) is 13.2. The van der Waals surface area contributed by atoms with Gasteiger partial charge in [-0.15, -0.1) is 0 Å². The molecule has 0 bridgehead atoms. The van der Waals surface area contributed by atoms with Gasteiger partial charge in [-0.2, -0.15) is 0 Å². The predicted octanol–water partition coefficient (Wildman–Crippen LogP) is 1.23. The summed E-state index contributed by atoms with van der Waals surface area (Å²) >= 11 is 0. The molecular weight excluding hydrogens is 237 g/mol. The zero-order valence-electron chi connectivity index (χ0n) is 11.0. The molecule has 2 aromatic rings. The molecule has 5 heteroatoms. The summed E-state index contributed by atoms with van der Waals surface area (Å²) in [6, 6.07) is 5.77. The molecule has 0 spiro atoms. The van der Waals surface area contributed by atoms with E-state index in [0.29, 0.717) is 5.95 Å². The number of rotatable bonds is 3. The lowest BCUT2D eigenvalue weighted by molar-refractivity contribution is 0.0627. The number of benzene rings is 1. The normalized spacial score (nSPS) is 17.1. The van der Waals surface area contributed by atoms with E-state index in [4.69, 9.17) is 18.3 Å². The van der Waals surface area contributed by atoms with Crippen LogP contribution in [0.1, 0.15) is 19.3 Å². The molecule has 0 amide bonds. The second-order valence-corrected chi connectivity index (χ2v) is 5.21. The smallest absolute Gasteiger partial charge is 0.201 e. The van der Waals surface area contributed by atoms with Crippen LogP contribution in [-0.4, -0.2) is 30.6 Å². The van der Waals surface area contributed by atoms with Crippen molar-refractivity contribution >= 4 is 30.3 Å². The fourth-order valence-electron chi connectivity index (χ4n) is 2.75. The van der Waals surface area contributed by atoms with E-state index >= 15 is 0 Å². The molecular formula is C14H18BN3O. The number of ether oxygens (including phenoxy) is 1. The summed E-state index contributed by atoms with van der Waals surface area (Å²) < 4.78 is 7.47. The minimum Gasteiger partial charge on any atom is -0.381 e. The fraction of sp³-hybridized carbons (Fsp3) is 0.500. The molecule has 0 aliphatic carbocycles. The van der Waals surface area contributed by atoms with E-state index in [0.717, 1.165) is 61.4 Å². The third-order valence-electron chi connectivity index (χ3n) is 3.90. The first kappa shape index (κ1) is 12.5. The molecule has 2 radical (unpaired) electrons. The molecule has 1 aliphatic heterocycles. The van der Waals surface area contributed by atoms with Crippen LogP contribution in [0.2, 0.25) is 0 Å². The maximum absolute atomic E-state index is 6.01. The predicted molar refractivity (Wildman–Crippen MR) is 77.7 cm³/mol. The van der Waals surface area contributed by atoms with Gasteiger partial charge < -0.3 is 15.0 Å². The van der Waals surface area contributed by atoms with E-state index in [9.17, 15) is 0 Å². The molecule has 1 aliphatic rings. The van der Waals surface area contributed by atoms with Crippen LogP contribution in [0.3, 0.4) is 0 Å². The quantitative estimate of drug-likeness (QED) is 0.839. The molecule has 1 fully saturated rings. The number of aromatic nitrogens is 2. The Labute approximate surface area is 114 Å². The van der Waals surface area contributed by atoms with Gasteiger partial charge in [0.15, 0.2) is 0 Å². The number of hydrogen-bond acceptors (Lipinski definition) is 3. The van der Waals surface area contributed by atoms with Gasteiger partial charge in [0.2, 0.25) is 5.95 Å². The van der Waals surface area contributed by atoms with Gasteiger partial charge in [0.25, 0.3) is 0 Å². The summed E-state index contributed by atoms with van der Waals surface area (Å²) in [5, 5.41) is 0. The Kier molecular flexibility index (Phi) is 3.47. The SMILES string of the molecule is [B]c1ccc2c(c1)nc(N)n2CCC1CCOCC1. The monoisotopic (exact) mass is 255 g/mol. The number of nitrogens with zero attached hydrogens (tertiary/aromatic N) is 2. The summed E-state index contributed by atoms with van der Waals surface area (Å²) in [5.74, 6) is 1.31. The van der Waals surface area contributed by atoms with Crippen molar-refractivity contribution < 1.29 is 4.74 Å². The van der Waals surface area contributed by atoms with E-state index < -0.39 is 0 Å². The van der Waals surface area contributed by atoms with E-state index in [1.807, 2.05) is 18.2 Å². The Morgan fingerprint density at radius 3 is 2.95 bits per heavy atom. The van der Waals surface area contributed by atoms with Crippen molar-refractivity contribution in [3.63, 3.8) is 0 Å². The van der Waals surface area contributed by atoms with Gasteiger partial charge in [0, 0.05) is 19.8 Å². The molecule has 2 heterocycles. The van der Waals surface area contributed by atoms with Crippen LogP contribution in [0.5, 0.6) is 0 Å². The van der Waals surface area contributed by atoms with Crippen molar-refractivity contribution in [2.75, 3.05) is 18.9 Å². The van der Waals surface area contributed by atoms with E-state index in [-0.39, 0.29) is 0 Å². The molecule has 98 valence electrons. The molecule has 4 nitrogen and oxygen atoms in total. The summed E-state index contributed by atoms with van der Waals surface area (Å²) in [6.45, 7) is 2.69. The number of nitrogens with two attached hydrogens (primary N) is 1. The molecule has 0 saturated carbocycles. The molecule has 3 rings (SSSR count). The average Bonchev–Trinajstić information content (AvgIpc) is 2.72. The van der Waals surface area contributed by atoms with Crippen molar-refractivity contribution in [3.8, 4) is 0 Å². The summed E-state index contributed by atoms with van der Waals surface area (Å²) in [5.41, 5.74) is 8.68. The van der Waals surface area contributed by atoms with Crippen LogP contribution >= 0.6 is 0 Å². The Morgan fingerprint density at radius 2 is 2.16 bits per heavy atom. The Morgan fingerprint density at radius 1 is 1.37 bits per heavy atom. The van der Waals surface area contributed by atoms with Gasteiger partial charge in [0.05, 0.1) is 11.0 Å². The van der Waals surface area contributed by atoms with Crippen molar-refractivity contribution in [2.24, 2.45) is 5.92 Å². The molecule has 0 unspecified atom stereocenters. The second-order valence-electron chi connectivity index (χ2n) is 5.21. The van der Waals surface area contributed by atoms with Gasteiger partial charge in [-0.05, 0) is 37.3 Å². The highest BCUT2D eigenvalue weighted by Crippen LogP contribution is 2.22. The second kappa shape index (κ2) is 5.25. The fourth-order valence-corrected chi connectivity index (χ4v) is 2.75. The highest BCUT2D eigenvalue weighted by molar-refractivity contribution is 6.33. The summed E-state index contributed by atoms with van der Waals surface area (Å²) in [4.78, 5) is 4.37. The van der Waals surface area contributed by atoms with Crippen molar-refractivity contribution in [3.05, 3.63) is 18.2 Å². The van der Waals surface area contributed by atoms with Crippen LogP contribution in [0.4, 0.5) is 5.95 Å². The van der Waals surface area contributed by atoms with Crippen LogP contribution in [-0.2, 0) is 11.3 Å². The summed E-state index contributed by atoms with van der Waals surface area (Å²) in [6.07, 6.45) is 3.43. The van der Waals surface area contributed by atoms with Crippen LogP contribution in [0.25, 0.3) is 11.0 Å². The molecule has 1 aromatic heterocycles. The first-order chi connectivity index (χ1) is 9.24. The van der Waals surface area contributed by atoms with Crippen LogP contribution in [0.15, 0.2) is 18.2 Å². The first-order valence-corrected chi connectivity index (χ1v) is 6.83. The lowest BCUT2D eigenvalue weighted by Gasteiger charge is -2.22. The maximum Gasteiger partial charge on any atom is 0.201 e. The number of aryl methyl sites for hydroxylation is 1. The highest BCUT2D eigenvalue weighted by Gasteiger charge is 2.15. The number of nitrogen functional groups attached to an aromatic ring is 1. The number of hydrogen-bond donors (Lipinski definition) is 1. The van der Waals surface area contributed by atoms with E-state index in [1.54, 1.807) is 0 Å². The Balaban J connectivity index is 1.78. The maximum atomic E-state index is 6.01. The molecule has 1 saturated heterocycles. The zero-order valence-corrected chi connectivity index (χ0v) is 11.0. The number of anilines is 1. The highest BCUT2D eigenvalue weighted by atomic mass is 16.5. The minimum absolute atomic E-state index is 0.577. The number of fused-ring (bicyclic) bond motifs is 1. The largest absolute Gasteiger partial charge is 0.381 e. The van der Waals surface area contributed by atoms with Gasteiger partial charge in [-0.3, -0.25) is 0 Å². The molecule has 2 N–H and O–H groups in total. The van der Waals surface area contributed by atoms with E-state index in [2.05, 4.69) is 9.55 Å². The summed E-state index contributed by atoms with van der Waals surface area (Å²) in [7, 11) is 5.77. The lowest BCUT2D eigenvalue weighted by Crippen LogP contribution is -2.17. The van der Waals surface area contributed by atoms with Gasteiger partial charge >= 0.3 is 0 Å². The van der Waals surface area contributed by atoms with Gasteiger partial charge in [0.1, 0.15) is 7.85 Å². The standard InChI is InChI=1S/C14H18BN3O/c15-11-1-2-13-12(9-11)17-14(16)18(13)6-3-10-4-7-19-8-5-10/h1-2,9-10H,3-8H2,(H2,16,17). The van der Waals surface area contributed by atoms with Crippen molar-refractivity contribution in [1.82, 2.24) is 9.55 Å².